The summed E-state index contributed by atoms with van der Waals surface area (Å²) in [7, 11) is 1.40. The molecule has 2 N–H and O–H groups in total. The number of anilines is 1. The number of benzene rings is 1. The molecule has 0 bridgehead atoms. The number of hydrogen-bond acceptors (Lipinski definition) is 4. The van der Waals surface area contributed by atoms with Crippen molar-refractivity contribution in [3.05, 3.63) is 24.3 Å². The molecule has 1 saturated carbocycles. The summed E-state index contributed by atoms with van der Waals surface area (Å²) in [4.78, 5) is 37.8. The van der Waals surface area contributed by atoms with E-state index in [4.69, 9.17) is 4.74 Å². The molecule has 0 radical (unpaired) electrons. The highest BCUT2D eigenvalue weighted by molar-refractivity contribution is 6.24. The fraction of sp³-hybridized carbons (Fsp3) is 0.500. The van der Waals surface area contributed by atoms with Crippen LogP contribution in [-0.4, -0.2) is 36.8 Å². The summed E-state index contributed by atoms with van der Waals surface area (Å²) >= 11 is 0. The molecule has 4 amide bonds. The number of rotatable bonds is 4. The van der Waals surface area contributed by atoms with Crippen molar-refractivity contribution in [2.45, 2.75) is 43.9 Å². The summed E-state index contributed by atoms with van der Waals surface area (Å²) in [5.41, 5.74) is -3.56. The van der Waals surface area contributed by atoms with Crippen LogP contribution in [0, 0.1) is 5.92 Å². The smallest absolute Gasteiger partial charge is 0.440 e. The minimum atomic E-state index is -5.22. The van der Waals surface area contributed by atoms with Crippen LogP contribution in [0.25, 0.3) is 0 Å². The molecule has 28 heavy (non-hydrogen) atoms. The first-order valence-electron chi connectivity index (χ1n) is 8.89. The van der Waals surface area contributed by atoms with Gasteiger partial charge in [0.1, 0.15) is 5.75 Å². The van der Waals surface area contributed by atoms with Crippen molar-refractivity contribution in [2.75, 3.05) is 12.0 Å². The number of imide groups is 1. The van der Waals surface area contributed by atoms with E-state index in [0.717, 1.165) is 19.3 Å². The lowest BCUT2D eigenvalue weighted by atomic mass is 9.88. The first-order valence-corrected chi connectivity index (χ1v) is 8.89. The topological polar surface area (TPSA) is 87.7 Å². The number of methoxy groups -OCH3 is 1. The minimum Gasteiger partial charge on any atom is -0.497 e. The Bertz CT molecular complexity index is 775. The Morgan fingerprint density at radius 3 is 2.32 bits per heavy atom. The molecule has 152 valence electrons. The van der Waals surface area contributed by atoms with Gasteiger partial charge < -0.3 is 10.1 Å². The van der Waals surface area contributed by atoms with Gasteiger partial charge in [0, 0.05) is 5.92 Å². The number of amides is 4. The van der Waals surface area contributed by atoms with E-state index < -0.39 is 35.6 Å². The third kappa shape index (κ3) is 3.38. The molecule has 1 aromatic carbocycles. The normalized spacial score (nSPS) is 23.5. The summed E-state index contributed by atoms with van der Waals surface area (Å²) < 4.78 is 46.6. The number of hydrogen-bond donors (Lipinski definition) is 2. The Morgan fingerprint density at radius 2 is 1.79 bits per heavy atom. The largest absolute Gasteiger partial charge is 0.497 e. The maximum absolute atomic E-state index is 13.9. The maximum Gasteiger partial charge on any atom is 0.440 e. The van der Waals surface area contributed by atoms with Gasteiger partial charge in [-0.15, -0.1) is 0 Å². The van der Waals surface area contributed by atoms with Crippen molar-refractivity contribution < 1.29 is 32.3 Å². The Morgan fingerprint density at radius 1 is 1.18 bits per heavy atom. The fourth-order valence-corrected chi connectivity index (χ4v) is 3.49. The number of nitrogens with one attached hydrogen (secondary N) is 2. The lowest BCUT2D eigenvalue weighted by Crippen LogP contribution is -2.70. The summed E-state index contributed by atoms with van der Waals surface area (Å²) in [6.07, 6.45) is -1.95. The van der Waals surface area contributed by atoms with Gasteiger partial charge in [0.15, 0.2) is 0 Å². The highest BCUT2D eigenvalue weighted by Crippen LogP contribution is 2.37. The zero-order chi connectivity index (χ0) is 20.5. The average Bonchev–Trinajstić information content (AvgIpc) is 2.93. The van der Waals surface area contributed by atoms with E-state index in [0.29, 0.717) is 23.5 Å². The van der Waals surface area contributed by atoms with Gasteiger partial charge in [-0.05, 0) is 37.1 Å². The molecule has 2 aliphatic rings. The van der Waals surface area contributed by atoms with Crippen molar-refractivity contribution in [1.29, 1.82) is 0 Å². The van der Waals surface area contributed by atoms with Gasteiger partial charge in [0.25, 0.3) is 11.6 Å². The monoisotopic (exact) mass is 399 g/mol. The first kappa shape index (κ1) is 20.0. The summed E-state index contributed by atoms with van der Waals surface area (Å²) in [5.74, 6) is -2.70. The van der Waals surface area contributed by atoms with Gasteiger partial charge >= 0.3 is 12.2 Å². The van der Waals surface area contributed by atoms with Crippen molar-refractivity contribution in [1.82, 2.24) is 10.6 Å². The third-order valence-corrected chi connectivity index (χ3v) is 5.06. The molecule has 7 nitrogen and oxygen atoms in total. The summed E-state index contributed by atoms with van der Waals surface area (Å²) in [6.45, 7) is 0. The van der Waals surface area contributed by atoms with Crippen LogP contribution in [-0.2, 0) is 9.59 Å². The molecule has 10 heteroatoms. The quantitative estimate of drug-likeness (QED) is 0.762. The van der Waals surface area contributed by atoms with Gasteiger partial charge in [0.05, 0.1) is 12.8 Å². The molecule has 1 aliphatic heterocycles. The molecule has 1 atom stereocenters. The second-order valence-electron chi connectivity index (χ2n) is 6.84. The predicted molar refractivity (Wildman–Crippen MR) is 92.5 cm³/mol. The first-order chi connectivity index (χ1) is 13.2. The molecule has 3 rings (SSSR count). The summed E-state index contributed by atoms with van der Waals surface area (Å²) in [6, 6.07) is 4.11. The van der Waals surface area contributed by atoms with Crippen LogP contribution in [0.3, 0.4) is 0 Å². The zero-order valence-corrected chi connectivity index (χ0v) is 15.1. The van der Waals surface area contributed by atoms with Crippen LogP contribution < -0.4 is 20.3 Å². The van der Waals surface area contributed by atoms with Gasteiger partial charge in [-0.25, -0.2) is 9.69 Å². The predicted octanol–water partition coefficient (Wildman–Crippen LogP) is 2.71. The number of nitrogens with zero attached hydrogens (tertiary/aromatic N) is 1. The molecule has 0 unspecified atom stereocenters. The van der Waals surface area contributed by atoms with Crippen molar-refractivity contribution in [2.24, 2.45) is 5.92 Å². The number of carbonyl (C=O) groups excluding carboxylic acids is 3. The number of ether oxygens (including phenoxy) is 1. The van der Waals surface area contributed by atoms with Gasteiger partial charge in [0.2, 0.25) is 5.91 Å². The number of carbonyl (C=O) groups is 3. The van der Waals surface area contributed by atoms with Crippen molar-refractivity contribution >= 4 is 23.5 Å². The minimum absolute atomic E-state index is 0.0682. The third-order valence-electron chi connectivity index (χ3n) is 5.06. The van der Waals surface area contributed by atoms with Crippen LogP contribution in [0.1, 0.15) is 32.1 Å². The average molecular weight is 399 g/mol. The molecular weight excluding hydrogens is 379 g/mol. The SMILES string of the molecule is COc1ccc(N2C(=O)N[C@](NC(=O)C3CCCCC3)(C(F)(F)F)C2=O)cc1. The second kappa shape index (κ2) is 7.33. The highest BCUT2D eigenvalue weighted by atomic mass is 19.4. The lowest BCUT2D eigenvalue weighted by molar-refractivity contribution is -0.202. The molecule has 0 spiro atoms. The molecule has 1 aromatic rings. The Hall–Kier alpha value is -2.78. The van der Waals surface area contributed by atoms with Crippen molar-refractivity contribution in [3.63, 3.8) is 0 Å². The second-order valence-corrected chi connectivity index (χ2v) is 6.84. The van der Waals surface area contributed by atoms with E-state index in [1.807, 2.05) is 0 Å². The van der Waals surface area contributed by atoms with E-state index in [2.05, 4.69) is 0 Å². The molecule has 0 aromatic heterocycles. The summed E-state index contributed by atoms with van der Waals surface area (Å²) in [5, 5.41) is 3.45. The zero-order valence-electron chi connectivity index (χ0n) is 15.1. The van der Waals surface area contributed by atoms with Crippen LogP contribution in [0.2, 0.25) is 0 Å². The van der Waals surface area contributed by atoms with E-state index in [-0.39, 0.29) is 5.69 Å². The fourth-order valence-electron chi connectivity index (χ4n) is 3.49. The van der Waals surface area contributed by atoms with Gasteiger partial charge in [-0.3, -0.25) is 14.9 Å². The molecule has 1 saturated heterocycles. The standard InChI is InChI=1S/C18H20F3N3O4/c1-28-13-9-7-12(8-10-13)24-15(26)17(18(19,20)21,23-16(24)27)22-14(25)11-5-3-2-4-6-11/h7-11H,2-6H2,1H3,(H,22,25)(H,23,27)/t17-/m0/s1. The van der Waals surface area contributed by atoms with Gasteiger partial charge in [-0.2, -0.15) is 13.2 Å². The van der Waals surface area contributed by atoms with Crippen LogP contribution in [0.4, 0.5) is 23.7 Å². The number of urea groups is 1. The molecule has 1 heterocycles. The van der Waals surface area contributed by atoms with E-state index >= 15 is 0 Å². The molecular formula is C18H20F3N3O4. The van der Waals surface area contributed by atoms with Gasteiger partial charge in [-0.1, -0.05) is 19.3 Å². The van der Waals surface area contributed by atoms with E-state index in [1.54, 1.807) is 10.6 Å². The van der Waals surface area contributed by atoms with E-state index in [9.17, 15) is 27.6 Å². The maximum atomic E-state index is 13.9. The number of alkyl halides is 3. The van der Waals surface area contributed by atoms with Crippen LogP contribution >= 0.6 is 0 Å². The lowest BCUT2D eigenvalue weighted by Gasteiger charge is -2.32. The number of halogens is 3. The van der Waals surface area contributed by atoms with Crippen LogP contribution in [0.5, 0.6) is 5.75 Å². The van der Waals surface area contributed by atoms with E-state index in [1.165, 1.54) is 31.4 Å². The Labute approximate surface area is 159 Å². The Balaban J connectivity index is 1.91. The van der Waals surface area contributed by atoms with Crippen LogP contribution in [0.15, 0.2) is 24.3 Å². The highest BCUT2D eigenvalue weighted by Gasteiger charge is 2.69. The van der Waals surface area contributed by atoms with Crippen molar-refractivity contribution in [3.8, 4) is 5.75 Å². The molecule has 1 aliphatic carbocycles. The Kier molecular flexibility index (Phi) is 5.22. The molecule has 2 fully saturated rings.